The molecular weight excluding hydrogens is 248 g/mol. The number of hydrogen-bond donors (Lipinski definition) is 1. The number of rotatable bonds is 3. The predicted octanol–water partition coefficient (Wildman–Crippen LogP) is 3.15. The lowest BCUT2D eigenvalue weighted by Crippen LogP contribution is -2.05. The highest BCUT2D eigenvalue weighted by molar-refractivity contribution is 5.42. The largest absolute Gasteiger partial charge is 0.379 e. The van der Waals surface area contributed by atoms with E-state index in [1.54, 1.807) is 24.4 Å². The van der Waals surface area contributed by atoms with Crippen molar-refractivity contribution in [1.82, 2.24) is 4.98 Å². The Bertz CT molecular complexity index is 607. The molecule has 0 fully saturated rings. The van der Waals surface area contributed by atoms with Crippen molar-refractivity contribution in [3.63, 3.8) is 0 Å². The van der Waals surface area contributed by atoms with Crippen LogP contribution in [0.1, 0.15) is 16.8 Å². The minimum atomic E-state index is -0.732. The fourth-order valence-electron chi connectivity index (χ4n) is 1.60. The number of benzene rings is 1. The molecule has 0 saturated carbocycles. The van der Waals surface area contributed by atoms with Crippen molar-refractivity contribution < 1.29 is 8.78 Å². The Morgan fingerprint density at radius 3 is 2.47 bits per heavy atom. The molecule has 0 unspecified atom stereocenters. The van der Waals surface area contributed by atoms with E-state index < -0.39 is 11.6 Å². The van der Waals surface area contributed by atoms with E-state index in [0.717, 1.165) is 17.8 Å². The first-order valence-electron chi connectivity index (χ1n) is 5.64. The number of nitrogens with one attached hydrogen (secondary N) is 1. The number of nitriles is 1. The van der Waals surface area contributed by atoms with Gasteiger partial charge in [0.05, 0.1) is 23.5 Å². The molecule has 0 bridgehead atoms. The van der Waals surface area contributed by atoms with E-state index in [1.807, 2.05) is 6.92 Å². The highest BCUT2D eigenvalue weighted by Gasteiger charge is 2.11. The van der Waals surface area contributed by atoms with Crippen LogP contribution in [0.5, 0.6) is 0 Å². The second-order valence-electron chi connectivity index (χ2n) is 4.07. The molecule has 0 spiro atoms. The Balaban J connectivity index is 2.16. The Morgan fingerprint density at radius 1 is 1.26 bits per heavy atom. The smallest absolute Gasteiger partial charge is 0.132 e. The second kappa shape index (κ2) is 5.44. The molecule has 1 aromatic heterocycles. The molecule has 0 aliphatic carbocycles. The van der Waals surface area contributed by atoms with E-state index in [0.29, 0.717) is 5.69 Å². The van der Waals surface area contributed by atoms with Gasteiger partial charge >= 0.3 is 0 Å². The summed E-state index contributed by atoms with van der Waals surface area (Å²) in [6.45, 7) is 1.85. The van der Waals surface area contributed by atoms with Crippen LogP contribution in [-0.2, 0) is 6.54 Å². The molecule has 1 aromatic carbocycles. The van der Waals surface area contributed by atoms with Crippen LogP contribution in [0.3, 0.4) is 0 Å². The van der Waals surface area contributed by atoms with Gasteiger partial charge in [-0.25, -0.2) is 8.78 Å². The summed E-state index contributed by atoms with van der Waals surface area (Å²) in [5.41, 5.74) is 1.41. The Morgan fingerprint density at radius 2 is 1.95 bits per heavy atom. The standard InChI is InChI=1S/C14H11F2N3/c1-9-2-3-11(7-18-9)19-8-12-13(15)4-10(6-17)5-14(12)16/h2-5,7,19H,8H2,1H3. The molecule has 19 heavy (non-hydrogen) atoms. The normalized spacial score (nSPS) is 10.0. The van der Waals surface area contributed by atoms with Gasteiger partial charge < -0.3 is 5.32 Å². The third-order valence-corrected chi connectivity index (χ3v) is 2.65. The average molecular weight is 259 g/mol. The molecule has 0 amide bonds. The van der Waals surface area contributed by atoms with Gasteiger partial charge in [-0.15, -0.1) is 0 Å². The van der Waals surface area contributed by atoms with Gasteiger partial charge in [0.15, 0.2) is 0 Å². The summed E-state index contributed by atoms with van der Waals surface area (Å²) in [7, 11) is 0. The number of aromatic nitrogens is 1. The number of hydrogen-bond acceptors (Lipinski definition) is 3. The maximum atomic E-state index is 13.6. The van der Waals surface area contributed by atoms with Crippen LogP contribution in [-0.4, -0.2) is 4.98 Å². The molecular formula is C14H11F2N3. The lowest BCUT2D eigenvalue weighted by Gasteiger charge is -2.08. The van der Waals surface area contributed by atoms with Gasteiger partial charge in [-0.05, 0) is 31.2 Å². The number of aryl methyl sites for hydroxylation is 1. The van der Waals surface area contributed by atoms with Crippen LogP contribution in [0.4, 0.5) is 14.5 Å². The monoisotopic (exact) mass is 259 g/mol. The van der Waals surface area contributed by atoms with Gasteiger partial charge in [-0.2, -0.15) is 5.26 Å². The number of pyridine rings is 1. The van der Waals surface area contributed by atoms with Crippen molar-refractivity contribution in [3.8, 4) is 6.07 Å². The number of nitrogens with zero attached hydrogens (tertiary/aromatic N) is 2. The van der Waals surface area contributed by atoms with Crippen molar-refractivity contribution in [2.24, 2.45) is 0 Å². The highest BCUT2D eigenvalue weighted by atomic mass is 19.1. The summed E-state index contributed by atoms with van der Waals surface area (Å²) in [4.78, 5) is 4.07. The van der Waals surface area contributed by atoms with E-state index in [1.165, 1.54) is 0 Å². The zero-order chi connectivity index (χ0) is 13.8. The molecule has 3 nitrogen and oxygen atoms in total. The average Bonchev–Trinajstić information content (AvgIpc) is 2.39. The second-order valence-corrected chi connectivity index (χ2v) is 4.07. The quantitative estimate of drug-likeness (QED) is 0.921. The van der Waals surface area contributed by atoms with Crippen molar-refractivity contribution in [1.29, 1.82) is 5.26 Å². The zero-order valence-corrected chi connectivity index (χ0v) is 10.2. The first-order chi connectivity index (χ1) is 9.10. The molecule has 0 radical (unpaired) electrons. The van der Waals surface area contributed by atoms with Crippen LogP contribution in [0.15, 0.2) is 30.5 Å². The van der Waals surface area contributed by atoms with Crippen molar-refractivity contribution >= 4 is 5.69 Å². The summed E-state index contributed by atoms with van der Waals surface area (Å²) in [6, 6.07) is 7.33. The van der Waals surface area contributed by atoms with Crippen LogP contribution in [0, 0.1) is 29.9 Å². The number of anilines is 1. The van der Waals surface area contributed by atoms with Crippen LogP contribution in [0.25, 0.3) is 0 Å². The zero-order valence-electron chi connectivity index (χ0n) is 10.2. The maximum absolute atomic E-state index is 13.6. The molecule has 0 atom stereocenters. The molecule has 1 heterocycles. The lowest BCUT2D eigenvalue weighted by molar-refractivity contribution is 0.559. The molecule has 0 aliphatic rings. The third kappa shape index (κ3) is 3.05. The fourth-order valence-corrected chi connectivity index (χ4v) is 1.60. The highest BCUT2D eigenvalue weighted by Crippen LogP contribution is 2.17. The van der Waals surface area contributed by atoms with E-state index in [9.17, 15) is 8.78 Å². The van der Waals surface area contributed by atoms with Gasteiger partial charge in [-0.3, -0.25) is 4.98 Å². The summed E-state index contributed by atoms with van der Waals surface area (Å²) in [6.07, 6.45) is 1.59. The topological polar surface area (TPSA) is 48.7 Å². The van der Waals surface area contributed by atoms with E-state index in [-0.39, 0.29) is 17.7 Å². The molecule has 96 valence electrons. The van der Waals surface area contributed by atoms with Crippen LogP contribution >= 0.6 is 0 Å². The van der Waals surface area contributed by atoms with E-state index >= 15 is 0 Å². The molecule has 0 saturated heterocycles. The van der Waals surface area contributed by atoms with Gasteiger partial charge in [-0.1, -0.05) is 0 Å². The molecule has 5 heteroatoms. The SMILES string of the molecule is Cc1ccc(NCc2c(F)cc(C#N)cc2F)cn1. The predicted molar refractivity (Wildman–Crippen MR) is 67.4 cm³/mol. The Labute approximate surface area is 109 Å². The fraction of sp³-hybridized carbons (Fsp3) is 0.143. The third-order valence-electron chi connectivity index (χ3n) is 2.65. The van der Waals surface area contributed by atoms with Crippen LogP contribution < -0.4 is 5.32 Å². The van der Waals surface area contributed by atoms with Gasteiger partial charge in [0.1, 0.15) is 11.6 Å². The molecule has 2 aromatic rings. The minimum Gasteiger partial charge on any atom is -0.379 e. The first-order valence-corrected chi connectivity index (χ1v) is 5.64. The number of halogens is 2. The summed E-state index contributed by atoms with van der Waals surface area (Å²) >= 11 is 0. The van der Waals surface area contributed by atoms with Crippen molar-refractivity contribution in [2.45, 2.75) is 13.5 Å². The summed E-state index contributed by atoms with van der Waals surface area (Å²) in [5.74, 6) is -1.46. The van der Waals surface area contributed by atoms with Crippen molar-refractivity contribution in [2.75, 3.05) is 5.32 Å². The van der Waals surface area contributed by atoms with Crippen LogP contribution in [0.2, 0.25) is 0 Å². The van der Waals surface area contributed by atoms with Gasteiger partial charge in [0, 0.05) is 17.8 Å². The van der Waals surface area contributed by atoms with E-state index in [4.69, 9.17) is 5.26 Å². The van der Waals surface area contributed by atoms with Gasteiger partial charge in [0.2, 0.25) is 0 Å². The van der Waals surface area contributed by atoms with Gasteiger partial charge in [0.25, 0.3) is 0 Å². The molecule has 0 aliphatic heterocycles. The lowest BCUT2D eigenvalue weighted by atomic mass is 10.1. The van der Waals surface area contributed by atoms with Crippen molar-refractivity contribution in [3.05, 3.63) is 58.9 Å². The Hall–Kier alpha value is -2.48. The summed E-state index contributed by atoms with van der Waals surface area (Å²) < 4.78 is 27.2. The molecule has 1 N–H and O–H groups in total. The maximum Gasteiger partial charge on any atom is 0.132 e. The minimum absolute atomic E-state index is 0.00584. The first kappa shape index (κ1) is 13.0. The molecule has 2 rings (SSSR count). The summed E-state index contributed by atoms with van der Waals surface area (Å²) in [5, 5.41) is 11.5. The van der Waals surface area contributed by atoms with E-state index in [2.05, 4.69) is 10.3 Å². The Kier molecular flexibility index (Phi) is 3.71.